The summed E-state index contributed by atoms with van der Waals surface area (Å²) in [6, 6.07) is 23.5. The van der Waals surface area contributed by atoms with E-state index in [0.717, 1.165) is 61.7 Å². The molecule has 0 unspecified atom stereocenters. The zero-order valence-corrected chi connectivity index (χ0v) is 43.3. The van der Waals surface area contributed by atoms with Crippen LogP contribution in [0.1, 0.15) is 21.5 Å². The fraction of sp³-hybridized carbons (Fsp3) is 0.0208. The minimum Gasteiger partial charge on any atom is -0.507 e. The number of phenolic OH excluding ortho intramolecular Hbond substituents is 1. The van der Waals surface area contributed by atoms with Crippen LogP contribution < -0.4 is 10.5 Å². The Morgan fingerprint density at radius 3 is 1.75 bits per heavy atom. The highest BCUT2D eigenvalue weighted by Crippen LogP contribution is 2.49. The summed E-state index contributed by atoms with van der Waals surface area (Å²) in [6.45, 7) is 0. The van der Waals surface area contributed by atoms with Gasteiger partial charge in [-0.15, -0.1) is 20.5 Å². The maximum Gasteiger partial charge on any atom is 0.339 e. The molecule has 0 radical (unpaired) electrons. The Morgan fingerprint density at radius 1 is 0.500 bits per heavy atom. The smallest absolute Gasteiger partial charge is 0.339 e. The number of nitrogens with zero attached hydrogens (tertiary/aromatic N) is 8. The monoisotopic (exact) mass is 1170 g/mol. The first-order valence-electron chi connectivity index (χ1n) is 21.9. The predicted molar refractivity (Wildman–Crippen MR) is 284 cm³/mol. The number of rotatable bonds is 16. The summed E-state index contributed by atoms with van der Waals surface area (Å²) in [4.78, 5) is 15.7. The van der Waals surface area contributed by atoms with Gasteiger partial charge in [0, 0.05) is 33.7 Å². The quantitative estimate of drug-likeness (QED) is 0.0141. The van der Waals surface area contributed by atoms with E-state index in [1.807, 2.05) is 0 Å². The molecule has 0 aliphatic rings. The number of aromatic carboxylic acids is 1. The first-order chi connectivity index (χ1) is 37.5. The van der Waals surface area contributed by atoms with Crippen LogP contribution in [0.5, 0.6) is 17.2 Å². The molecular weight excluding hydrogens is 1130 g/mol. The van der Waals surface area contributed by atoms with E-state index in [0.29, 0.717) is 18.2 Å². The van der Waals surface area contributed by atoms with Gasteiger partial charge in [-0.3, -0.25) is 18.2 Å². The molecule has 0 aliphatic carbocycles. The molecular formula is C48H35N9O19S4. The summed E-state index contributed by atoms with van der Waals surface area (Å²) in [5, 5.41) is 75.3. The van der Waals surface area contributed by atoms with Gasteiger partial charge in [0.1, 0.15) is 43.9 Å². The number of carbonyl (C=O) groups is 1. The Balaban J connectivity index is 1.22. The second-order valence-electron chi connectivity index (χ2n) is 16.5. The van der Waals surface area contributed by atoms with Crippen LogP contribution in [-0.4, -0.2) is 102 Å². The lowest BCUT2D eigenvalue weighted by molar-refractivity contribution is 0.0693. The second-order valence-corrected chi connectivity index (χ2v) is 22.1. The molecule has 8 rings (SSSR count). The summed E-state index contributed by atoms with van der Waals surface area (Å²) in [7, 11) is -19.6. The molecule has 0 atom stereocenters. The zero-order chi connectivity index (χ0) is 58.2. The number of nitrogen functional groups attached to an aromatic ring is 1. The van der Waals surface area contributed by atoms with Crippen molar-refractivity contribution in [3.63, 3.8) is 0 Å². The third kappa shape index (κ3) is 12.4. The molecule has 0 saturated heterocycles. The number of methoxy groups -OCH3 is 1. The number of carboxylic acids is 1. The molecule has 11 N–H and O–H groups in total. The molecule has 0 heterocycles. The van der Waals surface area contributed by atoms with Crippen LogP contribution >= 0.6 is 0 Å². The Morgan fingerprint density at radius 2 is 1.11 bits per heavy atom. The van der Waals surface area contributed by atoms with Crippen molar-refractivity contribution in [2.75, 3.05) is 12.8 Å². The lowest BCUT2D eigenvalue weighted by Gasteiger charge is -2.13. The third-order valence-corrected chi connectivity index (χ3v) is 14.6. The van der Waals surface area contributed by atoms with Crippen molar-refractivity contribution in [2.24, 2.45) is 40.7 Å². The fourth-order valence-electron chi connectivity index (χ4n) is 7.51. The topological polar surface area (TPSA) is 470 Å². The van der Waals surface area contributed by atoms with E-state index in [4.69, 9.17) is 10.5 Å². The molecule has 0 amide bonds. The molecule has 8 aromatic rings. The van der Waals surface area contributed by atoms with Gasteiger partial charge >= 0.3 is 5.97 Å². The first-order valence-corrected chi connectivity index (χ1v) is 27.6. The maximum atomic E-state index is 12.9. The van der Waals surface area contributed by atoms with Crippen LogP contribution in [-0.2, 0) is 40.5 Å². The molecule has 32 heteroatoms. The SMILES string of the molecule is COc1cc(N=Nc2ccc(N=C(O)c3cccc(N=Nc4ccc(O)c(C(=O)O)c4)c3)cc2S(=O)(=O)O)c2cc(S(=O)(=O)O)ccc2c1N=Nc1c(S(=O)(=O)O)cc2cc(S(=O)(=O)O)cc(N=C(O)c3cccc(N)c3)c2c1O. The van der Waals surface area contributed by atoms with Gasteiger partial charge in [0.05, 0.1) is 50.7 Å². The Hall–Kier alpha value is -9.67. The van der Waals surface area contributed by atoms with Crippen molar-refractivity contribution in [1.29, 1.82) is 0 Å². The van der Waals surface area contributed by atoms with Crippen molar-refractivity contribution < 1.29 is 86.9 Å². The fourth-order valence-corrected chi connectivity index (χ4v) is 9.85. The summed E-state index contributed by atoms with van der Waals surface area (Å²) in [5.74, 6) is -4.88. The van der Waals surface area contributed by atoms with Crippen LogP contribution in [0, 0.1) is 0 Å². The number of ether oxygens (including phenoxy) is 1. The summed E-state index contributed by atoms with van der Waals surface area (Å²) in [5.41, 5.74) is 2.57. The first kappa shape index (κ1) is 56.5. The molecule has 0 saturated carbocycles. The normalized spacial score (nSPS) is 13.1. The van der Waals surface area contributed by atoms with Crippen molar-refractivity contribution >= 4 is 131 Å². The van der Waals surface area contributed by atoms with E-state index in [1.54, 1.807) is 0 Å². The van der Waals surface area contributed by atoms with Gasteiger partial charge in [-0.25, -0.2) is 14.8 Å². The number of phenols is 2. The summed E-state index contributed by atoms with van der Waals surface area (Å²) in [6.07, 6.45) is 0. The Kier molecular flexibility index (Phi) is 15.3. The lowest BCUT2D eigenvalue weighted by Crippen LogP contribution is -2.02. The minimum atomic E-state index is -5.44. The number of aliphatic imine (C=N–C) groups is 2. The number of nitrogens with two attached hydrogens (primary N) is 1. The molecule has 0 bridgehead atoms. The number of hydrogen-bond donors (Lipinski definition) is 10. The number of azo groups is 3. The van der Waals surface area contributed by atoms with E-state index in [-0.39, 0.29) is 56.1 Å². The number of aromatic hydroxyl groups is 2. The van der Waals surface area contributed by atoms with E-state index >= 15 is 0 Å². The van der Waals surface area contributed by atoms with Gasteiger partial charge in [-0.2, -0.15) is 43.9 Å². The lowest BCUT2D eigenvalue weighted by atomic mass is 10.1. The highest BCUT2D eigenvalue weighted by atomic mass is 32.2. The van der Waals surface area contributed by atoms with E-state index < -0.39 is 128 Å². The zero-order valence-electron chi connectivity index (χ0n) is 40.0. The summed E-state index contributed by atoms with van der Waals surface area (Å²) >= 11 is 0. The van der Waals surface area contributed by atoms with E-state index in [9.17, 15) is 82.2 Å². The predicted octanol–water partition coefficient (Wildman–Crippen LogP) is 10.2. The van der Waals surface area contributed by atoms with Gasteiger partial charge in [0.15, 0.2) is 5.75 Å². The van der Waals surface area contributed by atoms with Crippen molar-refractivity contribution in [1.82, 2.24) is 0 Å². The van der Waals surface area contributed by atoms with Gasteiger partial charge in [0.25, 0.3) is 40.5 Å². The molecule has 80 heavy (non-hydrogen) atoms. The molecule has 410 valence electrons. The van der Waals surface area contributed by atoms with Crippen LogP contribution in [0.4, 0.5) is 51.2 Å². The molecule has 0 fully saturated rings. The highest BCUT2D eigenvalue weighted by Gasteiger charge is 2.27. The standard InChI is InChI=1S/C48H35N9O19S4/c1-76-39-22-36(55-54-35-12-8-27(19-40(35)79(70,71)72)50-46(60)24-5-3-7-28(15-24)52-53-29-9-13-38(58)34(18-29)48(62)63)33-20-30(77(64,65)66)10-11-32(33)43(39)56-57-44-41(80(73,74)75)17-25-16-31(78(67,68)69)21-37(42(25)45(44)59)51-47(61)23-4-2-6-26(49)14-23/h2-22,58-59H,49H2,1H3,(H,50,60)(H,51,61)(H,62,63)(H,64,65,66)(H,67,68,69)(H,70,71,72)(H,73,74,75). The third-order valence-electron chi connectivity index (χ3n) is 11.2. The van der Waals surface area contributed by atoms with Crippen molar-refractivity contribution in [3.05, 3.63) is 144 Å². The van der Waals surface area contributed by atoms with E-state index in [1.165, 1.54) is 54.6 Å². The minimum absolute atomic E-state index is 0.0141. The molecule has 8 aromatic carbocycles. The maximum absolute atomic E-state index is 12.9. The number of hydrogen-bond acceptors (Lipinski definition) is 21. The van der Waals surface area contributed by atoms with Crippen LogP contribution in [0.25, 0.3) is 21.5 Å². The number of aliphatic hydroxyl groups excluding tert-OH is 2. The van der Waals surface area contributed by atoms with Gasteiger partial charge in [-0.05, 0) is 109 Å². The highest BCUT2D eigenvalue weighted by molar-refractivity contribution is 7.86. The molecule has 0 aromatic heterocycles. The van der Waals surface area contributed by atoms with Crippen LogP contribution in [0.2, 0.25) is 0 Å². The average Bonchev–Trinajstić information content (AvgIpc) is 3.43. The van der Waals surface area contributed by atoms with Crippen molar-refractivity contribution in [3.8, 4) is 17.2 Å². The number of benzene rings is 8. The summed E-state index contributed by atoms with van der Waals surface area (Å²) < 4.78 is 147. The van der Waals surface area contributed by atoms with Gasteiger partial charge < -0.3 is 36.0 Å². The number of aliphatic hydroxyl groups is 2. The van der Waals surface area contributed by atoms with Crippen LogP contribution in [0.15, 0.2) is 188 Å². The van der Waals surface area contributed by atoms with Gasteiger partial charge in [0.2, 0.25) is 11.8 Å². The number of carboxylic acid groups (broad SMARTS) is 1. The van der Waals surface area contributed by atoms with Crippen LogP contribution in [0.3, 0.4) is 0 Å². The Bertz CT molecular complexity index is 4570. The molecule has 28 nitrogen and oxygen atoms in total. The molecule has 0 spiro atoms. The van der Waals surface area contributed by atoms with E-state index in [2.05, 4.69) is 40.7 Å². The van der Waals surface area contributed by atoms with Gasteiger partial charge in [-0.1, -0.05) is 18.2 Å². The second kappa shape index (κ2) is 21.6. The largest absolute Gasteiger partial charge is 0.507 e. The average molecular weight is 1170 g/mol. The Labute approximate surface area is 450 Å². The van der Waals surface area contributed by atoms with Crippen molar-refractivity contribution in [2.45, 2.75) is 19.6 Å². The number of anilines is 1. The molecule has 0 aliphatic heterocycles. The number of fused-ring (bicyclic) bond motifs is 2.